The lowest BCUT2D eigenvalue weighted by Crippen LogP contribution is -2.72. The van der Waals surface area contributed by atoms with E-state index in [2.05, 4.69) is 84.7 Å². The summed E-state index contributed by atoms with van der Waals surface area (Å²) in [6.45, 7) is 19.1. The standard InChI is InChI=1S/C25H43NO3/c1-9-18-28-25(27-12-4)19-23(7,10-2)26(24(8,11-3)21(25)6)29-20(5)22-16-14-13-15-17-22/h13-17,20-21H,9-12,18-19H2,1-8H3. The molecule has 0 spiro atoms. The minimum atomic E-state index is -0.587. The average Bonchev–Trinajstić information content (AvgIpc) is 2.74. The molecule has 1 aromatic carbocycles. The van der Waals surface area contributed by atoms with Crippen LogP contribution in [0.3, 0.4) is 0 Å². The van der Waals surface area contributed by atoms with Crippen LogP contribution >= 0.6 is 0 Å². The van der Waals surface area contributed by atoms with Crippen molar-refractivity contribution in [2.45, 2.75) is 104 Å². The molecule has 5 unspecified atom stereocenters. The van der Waals surface area contributed by atoms with Gasteiger partial charge in [-0.1, -0.05) is 58.0 Å². The van der Waals surface area contributed by atoms with Crippen molar-refractivity contribution in [3.8, 4) is 0 Å². The van der Waals surface area contributed by atoms with Gasteiger partial charge in [-0.2, -0.15) is 5.06 Å². The average molecular weight is 406 g/mol. The lowest BCUT2D eigenvalue weighted by atomic mass is 9.67. The third kappa shape index (κ3) is 4.71. The first-order valence-corrected chi connectivity index (χ1v) is 11.5. The summed E-state index contributed by atoms with van der Waals surface area (Å²) in [6, 6.07) is 10.5. The van der Waals surface area contributed by atoms with Gasteiger partial charge in [-0.05, 0) is 52.5 Å². The number of piperidine rings is 1. The number of ether oxygens (including phenoxy) is 2. The Morgan fingerprint density at radius 3 is 2.21 bits per heavy atom. The van der Waals surface area contributed by atoms with Gasteiger partial charge in [0.05, 0.1) is 5.54 Å². The molecule has 5 atom stereocenters. The SMILES string of the molecule is CCCOC1(OCC)CC(C)(CC)N(OC(C)c2ccccc2)C(C)(CC)C1C. The monoisotopic (exact) mass is 405 g/mol. The van der Waals surface area contributed by atoms with Crippen LogP contribution in [0.5, 0.6) is 0 Å². The zero-order chi connectivity index (χ0) is 21.7. The van der Waals surface area contributed by atoms with E-state index in [1.54, 1.807) is 0 Å². The second-order valence-corrected chi connectivity index (χ2v) is 9.01. The van der Waals surface area contributed by atoms with Gasteiger partial charge in [0.2, 0.25) is 0 Å². The molecule has 4 heteroatoms. The van der Waals surface area contributed by atoms with Gasteiger partial charge in [0.25, 0.3) is 0 Å². The Labute approximate surface area is 178 Å². The molecule has 1 aliphatic heterocycles. The van der Waals surface area contributed by atoms with Crippen LogP contribution in [-0.4, -0.2) is 35.1 Å². The van der Waals surface area contributed by atoms with E-state index in [-0.39, 0.29) is 23.1 Å². The lowest BCUT2D eigenvalue weighted by molar-refractivity contribution is -0.396. The maximum Gasteiger partial charge on any atom is 0.174 e. The molecule has 2 rings (SSSR count). The van der Waals surface area contributed by atoms with E-state index in [9.17, 15) is 0 Å². The highest BCUT2D eigenvalue weighted by atomic mass is 16.7. The van der Waals surface area contributed by atoms with Crippen LogP contribution in [0.1, 0.15) is 92.7 Å². The molecule has 1 aliphatic rings. The molecule has 0 saturated carbocycles. The zero-order valence-electron chi connectivity index (χ0n) is 20.0. The maximum atomic E-state index is 6.76. The van der Waals surface area contributed by atoms with Gasteiger partial charge < -0.3 is 9.47 Å². The third-order valence-electron chi connectivity index (χ3n) is 7.12. The van der Waals surface area contributed by atoms with E-state index < -0.39 is 5.79 Å². The summed E-state index contributed by atoms with van der Waals surface area (Å²) < 4.78 is 12.9. The van der Waals surface area contributed by atoms with Crippen LogP contribution in [0.25, 0.3) is 0 Å². The molecule has 1 aromatic rings. The second kappa shape index (κ2) is 9.91. The van der Waals surface area contributed by atoms with E-state index in [1.165, 1.54) is 5.56 Å². The third-order valence-corrected chi connectivity index (χ3v) is 7.12. The topological polar surface area (TPSA) is 30.9 Å². The second-order valence-electron chi connectivity index (χ2n) is 9.01. The van der Waals surface area contributed by atoms with Crippen LogP contribution in [0.15, 0.2) is 30.3 Å². The molecule has 1 saturated heterocycles. The Bertz CT molecular complexity index is 624. The number of hydrogen-bond donors (Lipinski definition) is 0. The van der Waals surface area contributed by atoms with Crippen LogP contribution in [0.4, 0.5) is 0 Å². The summed E-state index contributed by atoms with van der Waals surface area (Å²) in [5.74, 6) is -0.426. The molecule has 1 heterocycles. The van der Waals surface area contributed by atoms with Crippen LogP contribution < -0.4 is 0 Å². The predicted molar refractivity (Wildman–Crippen MR) is 120 cm³/mol. The molecule has 0 N–H and O–H groups in total. The van der Waals surface area contributed by atoms with Gasteiger partial charge >= 0.3 is 0 Å². The van der Waals surface area contributed by atoms with Crippen LogP contribution in [0.2, 0.25) is 0 Å². The summed E-state index contributed by atoms with van der Waals surface area (Å²) in [7, 11) is 0. The van der Waals surface area contributed by atoms with Crippen molar-refractivity contribution in [2.24, 2.45) is 5.92 Å². The summed E-state index contributed by atoms with van der Waals surface area (Å²) in [5.41, 5.74) is 0.791. The van der Waals surface area contributed by atoms with E-state index in [0.29, 0.717) is 13.2 Å². The molecule has 29 heavy (non-hydrogen) atoms. The molecular weight excluding hydrogens is 362 g/mol. The summed E-state index contributed by atoms with van der Waals surface area (Å²) in [6.07, 6.45) is 3.67. The van der Waals surface area contributed by atoms with Crippen molar-refractivity contribution in [2.75, 3.05) is 13.2 Å². The van der Waals surface area contributed by atoms with Crippen molar-refractivity contribution in [1.82, 2.24) is 5.06 Å². The quantitative estimate of drug-likeness (QED) is 0.415. The molecule has 0 aliphatic carbocycles. The predicted octanol–water partition coefficient (Wildman–Crippen LogP) is 6.52. The van der Waals surface area contributed by atoms with Gasteiger partial charge in [0.1, 0.15) is 6.10 Å². The number of benzene rings is 1. The van der Waals surface area contributed by atoms with Gasteiger partial charge in [-0.3, -0.25) is 4.84 Å². The maximum absolute atomic E-state index is 6.76. The minimum absolute atomic E-state index is 0.0173. The van der Waals surface area contributed by atoms with Crippen molar-refractivity contribution >= 4 is 0 Å². The van der Waals surface area contributed by atoms with Gasteiger partial charge in [0, 0.05) is 31.1 Å². The first-order chi connectivity index (χ1) is 13.7. The Balaban J connectivity index is 2.45. The Kier molecular flexibility index (Phi) is 8.32. The highest BCUT2D eigenvalue weighted by Gasteiger charge is 2.62. The van der Waals surface area contributed by atoms with E-state index >= 15 is 0 Å². The van der Waals surface area contributed by atoms with Gasteiger partial charge in [-0.15, -0.1) is 0 Å². The molecule has 0 aromatic heterocycles. The highest BCUT2D eigenvalue weighted by Crippen LogP contribution is 2.53. The Hall–Kier alpha value is -0.940. The molecule has 166 valence electrons. The van der Waals surface area contributed by atoms with E-state index in [4.69, 9.17) is 14.3 Å². The molecule has 0 amide bonds. The van der Waals surface area contributed by atoms with Crippen LogP contribution in [0, 0.1) is 5.92 Å². The summed E-state index contributed by atoms with van der Waals surface area (Å²) >= 11 is 0. The van der Waals surface area contributed by atoms with Crippen molar-refractivity contribution < 1.29 is 14.3 Å². The smallest absolute Gasteiger partial charge is 0.174 e. The fourth-order valence-electron chi connectivity index (χ4n) is 4.84. The first kappa shape index (κ1) is 24.3. The summed E-state index contributed by atoms with van der Waals surface area (Å²) in [4.78, 5) is 6.76. The van der Waals surface area contributed by atoms with Crippen molar-refractivity contribution in [3.63, 3.8) is 0 Å². The van der Waals surface area contributed by atoms with Gasteiger partial charge in [0.15, 0.2) is 5.79 Å². The normalized spacial score (nSPS) is 34.3. The number of hydroxylamine groups is 2. The number of hydrogen-bond acceptors (Lipinski definition) is 4. The zero-order valence-corrected chi connectivity index (χ0v) is 20.0. The largest absolute Gasteiger partial charge is 0.350 e. The van der Waals surface area contributed by atoms with Crippen LogP contribution in [-0.2, 0) is 14.3 Å². The lowest BCUT2D eigenvalue weighted by Gasteiger charge is -2.63. The Morgan fingerprint density at radius 2 is 1.69 bits per heavy atom. The number of rotatable bonds is 10. The molecule has 4 nitrogen and oxygen atoms in total. The van der Waals surface area contributed by atoms with Gasteiger partial charge in [-0.25, -0.2) is 0 Å². The molecule has 0 bridgehead atoms. The fraction of sp³-hybridized carbons (Fsp3) is 0.760. The Morgan fingerprint density at radius 1 is 1.03 bits per heavy atom. The first-order valence-electron chi connectivity index (χ1n) is 11.5. The summed E-state index contributed by atoms with van der Waals surface area (Å²) in [5, 5.41) is 2.30. The molecule has 0 radical (unpaired) electrons. The number of nitrogens with zero attached hydrogens (tertiary/aromatic N) is 1. The molecular formula is C25H43NO3. The van der Waals surface area contributed by atoms with E-state index in [0.717, 1.165) is 25.7 Å². The fourth-order valence-corrected chi connectivity index (χ4v) is 4.84. The van der Waals surface area contributed by atoms with Crippen molar-refractivity contribution in [3.05, 3.63) is 35.9 Å². The van der Waals surface area contributed by atoms with E-state index in [1.807, 2.05) is 6.07 Å². The van der Waals surface area contributed by atoms with Crippen molar-refractivity contribution in [1.29, 1.82) is 0 Å². The minimum Gasteiger partial charge on any atom is -0.350 e. The highest BCUT2D eigenvalue weighted by molar-refractivity contribution is 5.17. The molecule has 1 fully saturated rings.